The number of aryl methyl sites for hydroxylation is 2. The maximum absolute atomic E-state index is 12.3. The normalized spacial score (nSPS) is 13.2. The Morgan fingerprint density at radius 1 is 1.25 bits per heavy atom. The molecular formula is C12H21N3O3S2. The smallest absolute Gasteiger partial charge is 0.241 e. The number of nitrogen functional groups attached to an aromatic ring is 1. The highest BCUT2D eigenvalue weighted by Crippen LogP contribution is 2.23. The molecule has 1 aromatic rings. The largest absolute Gasteiger partial charge is 0.324 e. The molecule has 0 aliphatic heterocycles. The average Bonchev–Trinajstić information content (AvgIpc) is 2.36. The number of rotatable bonds is 7. The second-order valence-electron chi connectivity index (χ2n) is 4.41. The molecule has 1 rings (SSSR count). The maximum Gasteiger partial charge on any atom is 0.241 e. The highest BCUT2D eigenvalue weighted by Gasteiger charge is 2.19. The molecule has 0 spiro atoms. The summed E-state index contributed by atoms with van der Waals surface area (Å²) in [5, 5.41) is 0. The van der Waals surface area contributed by atoms with Crippen molar-refractivity contribution in [3.63, 3.8) is 0 Å². The van der Waals surface area contributed by atoms with Gasteiger partial charge in [-0.15, -0.1) is 0 Å². The molecule has 1 aromatic carbocycles. The summed E-state index contributed by atoms with van der Waals surface area (Å²) < 4.78 is 38.4. The zero-order valence-corrected chi connectivity index (χ0v) is 13.5. The Morgan fingerprint density at radius 3 is 2.25 bits per heavy atom. The summed E-state index contributed by atoms with van der Waals surface area (Å²) in [4.78, 5) is 0.249. The molecule has 0 aliphatic rings. The van der Waals surface area contributed by atoms with E-state index < -0.39 is 20.8 Å². The third-order valence-corrected chi connectivity index (χ3v) is 5.91. The van der Waals surface area contributed by atoms with Crippen LogP contribution in [0.4, 0.5) is 5.69 Å². The minimum atomic E-state index is -3.60. The number of anilines is 1. The van der Waals surface area contributed by atoms with Crippen LogP contribution in [-0.2, 0) is 20.8 Å². The first-order valence-corrected chi connectivity index (χ1v) is 9.21. The van der Waals surface area contributed by atoms with Gasteiger partial charge in [-0.3, -0.25) is 10.1 Å². The van der Waals surface area contributed by atoms with E-state index in [2.05, 4.69) is 10.1 Å². The molecule has 0 saturated carbocycles. The molecule has 114 valence electrons. The van der Waals surface area contributed by atoms with Crippen LogP contribution in [0, 0.1) is 13.8 Å². The monoisotopic (exact) mass is 319 g/mol. The number of nitrogens with two attached hydrogens (primary N) is 1. The first-order valence-electron chi connectivity index (χ1n) is 6.24. The maximum atomic E-state index is 12.3. The van der Waals surface area contributed by atoms with E-state index in [1.807, 2.05) is 0 Å². The molecule has 1 unspecified atom stereocenters. The number of nitrogens with one attached hydrogen (secondary N) is 2. The van der Waals surface area contributed by atoms with Gasteiger partial charge < -0.3 is 5.43 Å². The lowest BCUT2D eigenvalue weighted by Crippen LogP contribution is -2.29. The summed E-state index contributed by atoms with van der Waals surface area (Å²) in [6.07, 6.45) is 0. The molecule has 6 nitrogen and oxygen atoms in total. The third-order valence-electron chi connectivity index (χ3n) is 2.84. The van der Waals surface area contributed by atoms with Crippen molar-refractivity contribution in [2.45, 2.75) is 25.7 Å². The number of benzene rings is 1. The second-order valence-corrected chi connectivity index (χ2v) is 7.98. The van der Waals surface area contributed by atoms with Crippen LogP contribution in [0.15, 0.2) is 17.0 Å². The Hall–Kier alpha value is -0.960. The first kappa shape index (κ1) is 17.1. The van der Waals surface area contributed by atoms with Gasteiger partial charge in [-0.05, 0) is 37.1 Å². The molecule has 0 radical (unpaired) electrons. The lowest BCUT2D eigenvalue weighted by Gasteiger charge is -2.13. The zero-order valence-electron chi connectivity index (χ0n) is 11.9. The standard InChI is InChI=1S/C12H21N3O3S2/c1-4-19(16)6-5-14-20(17,18)12-9(2)7-11(15-13)8-10(12)3/h7-8,14-15H,4-6,13H2,1-3H3. The topological polar surface area (TPSA) is 101 Å². The Morgan fingerprint density at radius 2 is 1.80 bits per heavy atom. The number of hydrazine groups is 1. The summed E-state index contributed by atoms with van der Waals surface area (Å²) >= 11 is 0. The summed E-state index contributed by atoms with van der Waals surface area (Å²) in [5.41, 5.74) is 4.38. The van der Waals surface area contributed by atoms with Crippen LogP contribution in [0.5, 0.6) is 0 Å². The SMILES string of the molecule is CCS(=O)CCNS(=O)(=O)c1c(C)cc(NN)cc1C. The summed E-state index contributed by atoms with van der Waals surface area (Å²) in [6, 6.07) is 3.34. The van der Waals surface area contributed by atoms with Crippen molar-refractivity contribution in [3.8, 4) is 0 Å². The number of hydrogen-bond acceptors (Lipinski definition) is 5. The van der Waals surface area contributed by atoms with E-state index in [1.54, 1.807) is 32.9 Å². The first-order chi connectivity index (χ1) is 9.31. The number of sulfonamides is 1. The van der Waals surface area contributed by atoms with Crippen LogP contribution in [0.1, 0.15) is 18.1 Å². The summed E-state index contributed by atoms with van der Waals surface area (Å²) in [5.74, 6) is 6.17. The van der Waals surface area contributed by atoms with Gasteiger partial charge in [-0.1, -0.05) is 6.92 Å². The molecule has 20 heavy (non-hydrogen) atoms. The van der Waals surface area contributed by atoms with Crippen LogP contribution in [0.3, 0.4) is 0 Å². The molecule has 0 aromatic heterocycles. The van der Waals surface area contributed by atoms with Gasteiger partial charge in [-0.25, -0.2) is 13.1 Å². The van der Waals surface area contributed by atoms with Crippen molar-refractivity contribution >= 4 is 26.5 Å². The molecule has 0 saturated heterocycles. The van der Waals surface area contributed by atoms with Crippen molar-refractivity contribution in [2.75, 3.05) is 23.5 Å². The van der Waals surface area contributed by atoms with Crippen molar-refractivity contribution in [1.29, 1.82) is 0 Å². The van der Waals surface area contributed by atoms with Gasteiger partial charge in [0.2, 0.25) is 10.0 Å². The van der Waals surface area contributed by atoms with Crippen LogP contribution in [-0.4, -0.2) is 30.7 Å². The fraction of sp³-hybridized carbons (Fsp3) is 0.500. The Balaban J connectivity index is 2.96. The van der Waals surface area contributed by atoms with Crippen molar-refractivity contribution in [2.24, 2.45) is 5.84 Å². The molecule has 1 atom stereocenters. The Kier molecular flexibility index (Phi) is 6.12. The van der Waals surface area contributed by atoms with E-state index in [4.69, 9.17) is 5.84 Å². The van der Waals surface area contributed by atoms with Crippen LogP contribution < -0.4 is 16.0 Å². The van der Waals surface area contributed by atoms with Crippen LogP contribution >= 0.6 is 0 Å². The van der Waals surface area contributed by atoms with Crippen molar-refractivity contribution < 1.29 is 12.6 Å². The quantitative estimate of drug-likeness (QED) is 0.505. The summed E-state index contributed by atoms with van der Waals surface area (Å²) in [6.45, 7) is 5.40. The van der Waals surface area contributed by atoms with Crippen molar-refractivity contribution in [3.05, 3.63) is 23.3 Å². The van der Waals surface area contributed by atoms with Gasteiger partial charge in [0, 0.05) is 34.5 Å². The van der Waals surface area contributed by atoms with E-state index in [-0.39, 0.29) is 11.4 Å². The van der Waals surface area contributed by atoms with E-state index in [0.717, 1.165) is 0 Å². The van der Waals surface area contributed by atoms with E-state index in [1.165, 1.54) is 0 Å². The van der Waals surface area contributed by atoms with E-state index in [0.29, 0.717) is 28.3 Å². The molecule has 0 bridgehead atoms. The molecule has 0 fully saturated rings. The summed E-state index contributed by atoms with van der Waals surface area (Å²) in [7, 11) is -4.59. The van der Waals surface area contributed by atoms with Gasteiger partial charge in [-0.2, -0.15) is 0 Å². The minimum absolute atomic E-state index is 0.165. The molecule has 4 N–H and O–H groups in total. The van der Waals surface area contributed by atoms with Crippen LogP contribution in [0.25, 0.3) is 0 Å². The fourth-order valence-corrected chi connectivity index (χ4v) is 4.19. The lowest BCUT2D eigenvalue weighted by molar-refractivity contribution is 0.582. The van der Waals surface area contributed by atoms with Gasteiger partial charge >= 0.3 is 0 Å². The van der Waals surface area contributed by atoms with Gasteiger partial charge in [0.25, 0.3) is 0 Å². The molecule has 0 amide bonds. The Bertz CT molecular complexity index is 577. The predicted molar refractivity (Wildman–Crippen MR) is 82.5 cm³/mol. The highest BCUT2D eigenvalue weighted by atomic mass is 32.2. The van der Waals surface area contributed by atoms with Gasteiger partial charge in [0.1, 0.15) is 0 Å². The van der Waals surface area contributed by atoms with Crippen LogP contribution in [0.2, 0.25) is 0 Å². The van der Waals surface area contributed by atoms with E-state index in [9.17, 15) is 12.6 Å². The average molecular weight is 319 g/mol. The zero-order chi connectivity index (χ0) is 15.3. The third kappa shape index (κ3) is 4.27. The fourth-order valence-electron chi connectivity index (χ4n) is 1.96. The predicted octanol–water partition coefficient (Wildman–Crippen LogP) is 0.636. The van der Waals surface area contributed by atoms with Crippen molar-refractivity contribution in [1.82, 2.24) is 4.72 Å². The lowest BCUT2D eigenvalue weighted by atomic mass is 10.1. The highest BCUT2D eigenvalue weighted by molar-refractivity contribution is 7.89. The van der Waals surface area contributed by atoms with Gasteiger partial charge in [0.15, 0.2) is 0 Å². The Labute approximate surface area is 122 Å². The molecule has 0 heterocycles. The minimum Gasteiger partial charge on any atom is -0.324 e. The molecule has 0 aliphatic carbocycles. The van der Waals surface area contributed by atoms with Gasteiger partial charge in [0.05, 0.1) is 4.90 Å². The number of hydrogen-bond donors (Lipinski definition) is 3. The molecule has 8 heteroatoms. The molecular weight excluding hydrogens is 298 g/mol. The second kappa shape index (κ2) is 7.16. The van der Waals surface area contributed by atoms with E-state index >= 15 is 0 Å².